The van der Waals surface area contributed by atoms with E-state index in [1.165, 1.54) is 27.8 Å². The number of rotatable bonds is 6. The van der Waals surface area contributed by atoms with Crippen molar-refractivity contribution in [3.63, 3.8) is 0 Å². The number of benzene rings is 4. The topological polar surface area (TPSA) is 12.0 Å². The van der Waals surface area contributed by atoms with Crippen LogP contribution >= 0.6 is 0 Å². The molecule has 0 radical (unpaired) electrons. The van der Waals surface area contributed by atoms with E-state index < -0.39 is 0 Å². The quantitative estimate of drug-likeness (QED) is 0.331. The van der Waals surface area contributed by atoms with E-state index in [4.69, 9.17) is 0 Å². The number of nitrogens with one attached hydrogen (secondary N) is 1. The van der Waals surface area contributed by atoms with Gasteiger partial charge in [-0.15, -0.1) is 0 Å². The van der Waals surface area contributed by atoms with Gasteiger partial charge in [0.15, 0.2) is 0 Å². The Labute approximate surface area is 193 Å². The minimum atomic E-state index is -0.0325. The van der Waals surface area contributed by atoms with Crippen LogP contribution in [-0.2, 0) is 10.8 Å². The summed E-state index contributed by atoms with van der Waals surface area (Å²) in [6.45, 7) is 11.3. The first-order valence-electron chi connectivity index (χ1n) is 11.4. The lowest BCUT2D eigenvalue weighted by Gasteiger charge is -2.27. The Hall–Kier alpha value is -3.32. The van der Waals surface area contributed by atoms with E-state index >= 15 is 0 Å². The molecule has 162 valence electrons. The maximum absolute atomic E-state index is 3.61. The zero-order valence-electron chi connectivity index (χ0n) is 19.8. The summed E-state index contributed by atoms with van der Waals surface area (Å²) in [6.07, 6.45) is 0. The Morgan fingerprint density at radius 1 is 0.500 bits per heavy atom. The lowest BCUT2D eigenvalue weighted by atomic mass is 9.77. The Kier molecular flexibility index (Phi) is 5.93. The third-order valence-corrected chi connectivity index (χ3v) is 6.82. The van der Waals surface area contributed by atoms with E-state index in [0.29, 0.717) is 0 Å². The summed E-state index contributed by atoms with van der Waals surface area (Å²) in [7, 11) is 0. The summed E-state index contributed by atoms with van der Waals surface area (Å²) in [5.74, 6) is 0. The first kappa shape index (κ1) is 21.9. The van der Waals surface area contributed by atoms with Crippen LogP contribution in [0.15, 0.2) is 103 Å². The van der Waals surface area contributed by atoms with Gasteiger partial charge in [-0.05, 0) is 52.9 Å². The molecule has 4 aromatic rings. The van der Waals surface area contributed by atoms with E-state index in [0.717, 1.165) is 11.4 Å². The summed E-state index contributed by atoms with van der Waals surface area (Å²) in [5, 5.41) is 3.61. The van der Waals surface area contributed by atoms with Gasteiger partial charge in [0.25, 0.3) is 0 Å². The van der Waals surface area contributed by atoms with Crippen molar-refractivity contribution in [2.75, 3.05) is 5.32 Å². The van der Waals surface area contributed by atoms with Crippen molar-refractivity contribution in [3.05, 3.63) is 131 Å². The van der Waals surface area contributed by atoms with Gasteiger partial charge >= 0.3 is 0 Å². The van der Waals surface area contributed by atoms with Crippen LogP contribution in [-0.4, -0.2) is 0 Å². The van der Waals surface area contributed by atoms with Crippen molar-refractivity contribution in [3.8, 4) is 0 Å². The van der Waals surface area contributed by atoms with Crippen molar-refractivity contribution < 1.29 is 0 Å². The van der Waals surface area contributed by atoms with Crippen LogP contribution in [0.5, 0.6) is 0 Å². The number of hydrogen-bond acceptors (Lipinski definition) is 1. The molecule has 32 heavy (non-hydrogen) atoms. The summed E-state index contributed by atoms with van der Waals surface area (Å²) < 4.78 is 0. The molecule has 0 amide bonds. The average Bonchev–Trinajstić information content (AvgIpc) is 2.82. The fourth-order valence-electron chi connectivity index (χ4n) is 4.36. The number of hydrogen-bond donors (Lipinski definition) is 1. The molecule has 0 aliphatic heterocycles. The van der Waals surface area contributed by atoms with Crippen LogP contribution in [0.4, 0.5) is 11.4 Å². The van der Waals surface area contributed by atoms with E-state index in [9.17, 15) is 0 Å². The first-order valence-corrected chi connectivity index (χ1v) is 11.4. The van der Waals surface area contributed by atoms with Crippen LogP contribution in [0.2, 0.25) is 0 Å². The standard InChI is InChI=1S/C31H33N/c1-23-22-27(31(4,5)25-14-10-7-11-15-25)18-21-29(23)32-28-19-16-26(17-20-28)30(2,3)24-12-8-6-9-13-24/h6-22,32H,1-5H3. The summed E-state index contributed by atoms with van der Waals surface area (Å²) >= 11 is 0. The molecule has 1 nitrogen and oxygen atoms in total. The molecule has 0 aliphatic carbocycles. The first-order chi connectivity index (χ1) is 15.3. The molecule has 0 atom stereocenters. The average molecular weight is 420 g/mol. The summed E-state index contributed by atoms with van der Waals surface area (Å²) in [4.78, 5) is 0. The van der Waals surface area contributed by atoms with Gasteiger partial charge < -0.3 is 5.32 Å². The molecule has 0 bridgehead atoms. The Morgan fingerprint density at radius 2 is 0.938 bits per heavy atom. The van der Waals surface area contributed by atoms with Gasteiger partial charge in [-0.1, -0.05) is 113 Å². The van der Waals surface area contributed by atoms with Gasteiger partial charge in [-0.3, -0.25) is 0 Å². The Morgan fingerprint density at radius 3 is 1.44 bits per heavy atom. The largest absolute Gasteiger partial charge is 0.355 e. The van der Waals surface area contributed by atoms with E-state index in [-0.39, 0.29) is 10.8 Å². The zero-order chi connectivity index (χ0) is 22.8. The van der Waals surface area contributed by atoms with Gasteiger partial charge in [0.1, 0.15) is 0 Å². The highest BCUT2D eigenvalue weighted by atomic mass is 14.9. The van der Waals surface area contributed by atoms with Crippen LogP contribution in [0.3, 0.4) is 0 Å². The van der Waals surface area contributed by atoms with Crippen LogP contribution in [0, 0.1) is 6.92 Å². The van der Waals surface area contributed by atoms with Crippen molar-refractivity contribution in [1.29, 1.82) is 0 Å². The fourth-order valence-corrected chi connectivity index (χ4v) is 4.36. The number of anilines is 2. The van der Waals surface area contributed by atoms with E-state index in [1.807, 2.05) is 0 Å². The van der Waals surface area contributed by atoms with Crippen molar-refractivity contribution in [1.82, 2.24) is 0 Å². The molecule has 1 N–H and O–H groups in total. The summed E-state index contributed by atoms with van der Waals surface area (Å²) in [6, 6.07) is 37.0. The zero-order valence-corrected chi connectivity index (χ0v) is 19.8. The molecule has 1 heteroatoms. The highest BCUT2D eigenvalue weighted by Gasteiger charge is 2.24. The molecule has 4 rings (SSSR count). The second kappa shape index (κ2) is 8.67. The summed E-state index contributed by atoms with van der Waals surface area (Å²) in [5.41, 5.74) is 8.74. The smallest absolute Gasteiger partial charge is 0.0414 e. The molecule has 0 spiro atoms. The monoisotopic (exact) mass is 419 g/mol. The number of aryl methyl sites for hydroxylation is 1. The van der Waals surface area contributed by atoms with Crippen LogP contribution < -0.4 is 5.32 Å². The SMILES string of the molecule is Cc1cc(C(C)(C)c2ccccc2)ccc1Nc1ccc(C(C)(C)c2ccccc2)cc1. The predicted octanol–water partition coefficient (Wildman–Crippen LogP) is 8.39. The van der Waals surface area contributed by atoms with Crippen molar-refractivity contribution in [2.45, 2.75) is 45.4 Å². The third-order valence-electron chi connectivity index (χ3n) is 6.82. The lowest BCUT2D eigenvalue weighted by molar-refractivity contribution is 0.640. The van der Waals surface area contributed by atoms with Crippen molar-refractivity contribution >= 4 is 11.4 Å². The van der Waals surface area contributed by atoms with Gasteiger partial charge in [0, 0.05) is 22.2 Å². The molecule has 0 aromatic heterocycles. The lowest BCUT2D eigenvalue weighted by Crippen LogP contribution is -2.19. The third kappa shape index (κ3) is 4.34. The highest BCUT2D eigenvalue weighted by Crippen LogP contribution is 2.35. The molecular formula is C31H33N. The van der Waals surface area contributed by atoms with Crippen LogP contribution in [0.1, 0.15) is 55.5 Å². The minimum Gasteiger partial charge on any atom is -0.355 e. The molecule has 0 fully saturated rings. The van der Waals surface area contributed by atoms with E-state index in [1.54, 1.807) is 0 Å². The molecular weight excluding hydrogens is 386 g/mol. The normalized spacial score (nSPS) is 11.9. The van der Waals surface area contributed by atoms with Gasteiger partial charge in [0.05, 0.1) is 0 Å². The fraction of sp³-hybridized carbons (Fsp3) is 0.226. The molecule has 0 aliphatic rings. The second-order valence-electron chi connectivity index (χ2n) is 9.71. The van der Waals surface area contributed by atoms with Crippen molar-refractivity contribution in [2.24, 2.45) is 0 Å². The maximum Gasteiger partial charge on any atom is 0.0414 e. The van der Waals surface area contributed by atoms with Gasteiger partial charge in [-0.25, -0.2) is 0 Å². The Balaban J connectivity index is 1.54. The Bertz CT molecular complexity index is 1170. The predicted molar refractivity (Wildman–Crippen MR) is 138 cm³/mol. The minimum absolute atomic E-state index is 0.0274. The molecule has 0 heterocycles. The van der Waals surface area contributed by atoms with E-state index in [2.05, 4.69) is 143 Å². The van der Waals surface area contributed by atoms with Gasteiger partial charge in [0.2, 0.25) is 0 Å². The van der Waals surface area contributed by atoms with Gasteiger partial charge in [-0.2, -0.15) is 0 Å². The molecule has 0 saturated carbocycles. The maximum atomic E-state index is 3.61. The molecule has 0 saturated heterocycles. The highest BCUT2D eigenvalue weighted by molar-refractivity contribution is 5.64. The second-order valence-corrected chi connectivity index (χ2v) is 9.71. The van der Waals surface area contributed by atoms with Crippen LogP contribution in [0.25, 0.3) is 0 Å². The molecule has 0 unspecified atom stereocenters. The molecule has 4 aromatic carbocycles.